The van der Waals surface area contributed by atoms with Crippen molar-refractivity contribution < 1.29 is 8.42 Å². The Balaban J connectivity index is 3.05. The Labute approximate surface area is 95.5 Å². The van der Waals surface area contributed by atoms with Crippen LogP contribution in [0.1, 0.15) is 0 Å². The molecule has 0 unspecified atom stereocenters. The van der Waals surface area contributed by atoms with Crippen LogP contribution in [0.2, 0.25) is 10.2 Å². The van der Waals surface area contributed by atoms with Crippen molar-refractivity contribution in [2.45, 2.75) is 0 Å². The molecule has 0 aliphatic rings. The molecule has 0 atom stereocenters. The van der Waals surface area contributed by atoms with Gasteiger partial charge in [-0.15, -0.1) is 11.6 Å². The standard InChI is InChI=1S/C5H4Cl3N3O2S/c6-1-14(12,13)11-5-3(7)4(8)9-2-10-5/h2H,1H2,(H,9,10,11). The number of hydrogen-bond donors (Lipinski definition) is 1. The minimum absolute atomic E-state index is 0.0334. The second kappa shape index (κ2) is 4.48. The number of sulfonamides is 1. The van der Waals surface area contributed by atoms with Gasteiger partial charge in [-0.05, 0) is 0 Å². The number of nitrogens with one attached hydrogen (secondary N) is 1. The molecule has 78 valence electrons. The molecule has 5 nitrogen and oxygen atoms in total. The Kier molecular flexibility index (Phi) is 3.77. The van der Waals surface area contributed by atoms with Gasteiger partial charge in [0.15, 0.2) is 11.0 Å². The molecule has 0 saturated heterocycles. The summed E-state index contributed by atoms with van der Waals surface area (Å²) in [5, 5.41) is -0.692. The van der Waals surface area contributed by atoms with Gasteiger partial charge < -0.3 is 0 Å². The SMILES string of the molecule is O=S(=O)(CCl)Nc1ncnc(Cl)c1Cl. The van der Waals surface area contributed by atoms with Crippen LogP contribution in [0.15, 0.2) is 6.33 Å². The number of alkyl halides is 1. The van der Waals surface area contributed by atoms with Gasteiger partial charge >= 0.3 is 0 Å². The maximum Gasteiger partial charge on any atom is 0.247 e. The minimum atomic E-state index is -3.63. The van der Waals surface area contributed by atoms with E-state index in [-0.39, 0.29) is 16.0 Å². The minimum Gasteiger partial charge on any atom is -0.265 e. The first kappa shape index (κ1) is 11.8. The average Bonchev–Trinajstić information content (AvgIpc) is 2.13. The lowest BCUT2D eigenvalue weighted by Crippen LogP contribution is -2.14. The number of rotatable bonds is 3. The predicted octanol–water partition coefficient (Wildman–Crippen LogP) is 1.72. The fraction of sp³-hybridized carbons (Fsp3) is 0.200. The molecule has 14 heavy (non-hydrogen) atoms. The zero-order valence-corrected chi connectivity index (χ0v) is 9.62. The van der Waals surface area contributed by atoms with Gasteiger partial charge in [-0.3, -0.25) is 4.72 Å². The van der Waals surface area contributed by atoms with Gasteiger partial charge in [-0.2, -0.15) is 0 Å². The van der Waals surface area contributed by atoms with Crippen molar-refractivity contribution in [3.05, 3.63) is 16.5 Å². The van der Waals surface area contributed by atoms with Gasteiger partial charge in [0, 0.05) is 0 Å². The zero-order valence-electron chi connectivity index (χ0n) is 6.54. The molecule has 0 aliphatic carbocycles. The maximum absolute atomic E-state index is 11.0. The second-order valence-electron chi connectivity index (χ2n) is 2.15. The molecular weight excluding hydrogens is 272 g/mol. The fourth-order valence-electron chi connectivity index (χ4n) is 0.594. The van der Waals surface area contributed by atoms with Gasteiger partial charge in [0.1, 0.15) is 16.6 Å². The highest BCUT2D eigenvalue weighted by Gasteiger charge is 2.13. The van der Waals surface area contributed by atoms with Crippen molar-refractivity contribution in [3.63, 3.8) is 0 Å². The van der Waals surface area contributed by atoms with Crippen molar-refractivity contribution in [1.29, 1.82) is 0 Å². The van der Waals surface area contributed by atoms with E-state index in [4.69, 9.17) is 34.8 Å². The average molecular weight is 277 g/mol. The van der Waals surface area contributed by atoms with Crippen molar-refractivity contribution in [2.75, 3.05) is 9.93 Å². The monoisotopic (exact) mass is 275 g/mol. The first-order valence-corrected chi connectivity index (χ1v) is 6.13. The third-order valence-corrected chi connectivity index (χ3v) is 3.54. The Morgan fingerprint density at radius 3 is 2.57 bits per heavy atom. The molecule has 1 rings (SSSR count). The van der Waals surface area contributed by atoms with E-state index < -0.39 is 15.2 Å². The summed E-state index contributed by atoms with van der Waals surface area (Å²) < 4.78 is 24.1. The topological polar surface area (TPSA) is 72.0 Å². The van der Waals surface area contributed by atoms with Crippen molar-refractivity contribution in [1.82, 2.24) is 9.97 Å². The van der Waals surface area contributed by atoms with Gasteiger partial charge in [0.25, 0.3) is 0 Å². The van der Waals surface area contributed by atoms with Crippen LogP contribution in [0.5, 0.6) is 0 Å². The number of anilines is 1. The number of halogens is 3. The summed E-state index contributed by atoms with van der Waals surface area (Å²) in [5.41, 5.74) is 0. The molecule has 0 spiro atoms. The van der Waals surface area contributed by atoms with Gasteiger partial charge in [-0.1, -0.05) is 23.2 Å². The molecule has 1 heterocycles. The summed E-state index contributed by atoms with van der Waals surface area (Å²) in [4.78, 5) is 7.15. The number of hydrogen-bond acceptors (Lipinski definition) is 4. The normalized spacial score (nSPS) is 11.4. The highest BCUT2D eigenvalue weighted by Crippen LogP contribution is 2.26. The van der Waals surface area contributed by atoms with Gasteiger partial charge in [0.05, 0.1) is 0 Å². The Bertz CT molecular complexity index is 436. The predicted molar refractivity (Wildman–Crippen MR) is 55.3 cm³/mol. The Morgan fingerprint density at radius 1 is 1.36 bits per heavy atom. The molecule has 0 aliphatic heterocycles. The maximum atomic E-state index is 11.0. The van der Waals surface area contributed by atoms with Crippen molar-refractivity contribution in [2.24, 2.45) is 0 Å². The second-order valence-corrected chi connectivity index (χ2v) is 5.20. The number of nitrogens with zero attached hydrogens (tertiary/aromatic N) is 2. The largest absolute Gasteiger partial charge is 0.265 e. The van der Waals surface area contributed by atoms with E-state index in [2.05, 4.69) is 9.97 Å². The molecular formula is C5H4Cl3N3O2S. The van der Waals surface area contributed by atoms with Crippen LogP contribution >= 0.6 is 34.8 Å². The quantitative estimate of drug-likeness (QED) is 0.674. The van der Waals surface area contributed by atoms with Gasteiger partial charge in [-0.25, -0.2) is 18.4 Å². The van der Waals surface area contributed by atoms with Crippen LogP contribution in [0.25, 0.3) is 0 Å². The first-order valence-electron chi connectivity index (χ1n) is 3.18. The third kappa shape index (κ3) is 2.84. The molecule has 0 radical (unpaired) electrons. The summed E-state index contributed by atoms with van der Waals surface area (Å²) in [6.07, 6.45) is 1.08. The van der Waals surface area contributed by atoms with E-state index in [1.807, 2.05) is 4.72 Å². The summed E-state index contributed by atoms with van der Waals surface area (Å²) in [6.45, 7) is 0. The van der Waals surface area contributed by atoms with Crippen LogP contribution < -0.4 is 4.72 Å². The van der Waals surface area contributed by atoms with E-state index in [1.165, 1.54) is 0 Å². The summed E-state index contributed by atoms with van der Waals surface area (Å²) in [7, 11) is -3.63. The van der Waals surface area contributed by atoms with Crippen LogP contribution in [0, 0.1) is 0 Å². The fourth-order valence-corrected chi connectivity index (χ4v) is 1.60. The summed E-state index contributed by atoms with van der Waals surface area (Å²) in [6, 6.07) is 0. The van der Waals surface area contributed by atoms with Crippen LogP contribution in [-0.4, -0.2) is 23.6 Å². The van der Waals surface area contributed by atoms with E-state index in [9.17, 15) is 8.42 Å². The molecule has 0 saturated carbocycles. The van der Waals surface area contributed by atoms with E-state index >= 15 is 0 Å². The summed E-state index contributed by atoms with van der Waals surface area (Å²) >= 11 is 16.3. The van der Waals surface area contributed by atoms with Crippen molar-refractivity contribution in [3.8, 4) is 0 Å². The van der Waals surface area contributed by atoms with Crippen molar-refractivity contribution >= 4 is 50.6 Å². The molecule has 0 bridgehead atoms. The highest BCUT2D eigenvalue weighted by atomic mass is 35.5. The van der Waals surface area contributed by atoms with Crippen LogP contribution in [-0.2, 0) is 10.0 Å². The van der Waals surface area contributed by atoms with E-state index in [1.54, 1.807) is 0 Å². The third-order valence-electron chi connectivity index (χ3n) is 1.14. The summed E-state index contributed by atoms with van der Waals surface area (Å²) in [5.74, 6) is -0.0904. The molecule has 1 aromatic heterocycles. The molecule has 0 amide bonds. The highest BCUT2D eigenvalue weighted by molar-refractivity contribution is 7.93. The molecule has 0 fully saturated rings. The van der Waals surface area contributed by atoms with Crippen LogP contribution in [0.4, 0.5) is 5.82 Å². The van der Waals surface area contributed by atoms with E-state index in [0.717, 1.165) is 6.33 Å². The first-order chi connectivity index (χ1) is 6.46. The molecule has 0 aromatic carbocycles. The lowest BCUT2D eigenvalue weighted by Gasteiger charge is -2.05. The number of aromatic nitrogens is 2. The Hall–Kier alpha value is -0.300. The van der Waals surface area contributed by atoms with Gasteiger partial charge in [0.2, 0.25) is 10.0 Å². The molecule has 1 aromatic rings. The smallest absolute Gasteiger partial charge is 0.247 e. The van der Waals surface area contributed by atoms with E-state index in [0.29, 0.717) is 0 Å². The lowest BCUT2D eigenvalue weighted by molar-refractivity contribution is 0.605. The molecule has 1 N–H and O–H groups in total. The molecule has 9 heteroatoms. The zero-order chi connectivity index (χ0) is 10.8. The lowest BCUT2D eigenvalue weighted by atomic mass is 10.6. The van der Waals surface area contributed by atoms with Crippen LogP contribution in [0.3, 0.4) is 0 Å². The Morgan fingerprint density at radius 2 is 2.00 bits per heavy atom.